The molecule has 0 fully saturated rings. The second kappa shape index (κ2) is 8.63. The number of benzene rings is 3. The fourth-order valence-corrected chi connectivity index (χ4v) is 5.43. The Morgan fingerprint density at radius 2 is 1.94 bits per heavy atom. The number of aryl methyl sites for hydroxylation is 1. The first-order valence-corrected chi connectivity index (χ1v) is 12.1. The average molecular weight is 485 g/mol. The minimum atomic E-state index is -0.283. The first kappa shape index (κ1) is 21.5. The smallest absolute Gasteiger partial charge is 0.226 e. The lowest BCUT2D eigenvalue weighted by Crippen LogP contribution is -2.24. The molecule has 0 saturated carbocycles. The summed E-state index contributed by atoms with van der Waals surface area (Å²) in [6.45, 7) is 2.24. The highest BCUT2D eigenvalue weighted by Crippen LogP contribution is 2.41. The molecule has 3 heterocycles. The number of nitrogens with zero attached hydrogens (tertiary/aromatic N) is 3. The number of hydrogen-bond donors (Lipinski definition) is 1. The third-order valence-electron chi connectivity index (χ3n) is 6.14. The van der Waals surface area contributed by atoms with Gasteiger partial charge in [-0.15, -0.1) is 0 Å². The monoisotopic (exact) mass is 484 g/mol. The van der Waals surface area contributed by atoms with E-state index in [-0.39, 0.29) is 24.2 Å². The van der Waals surface area contributed by atoms with Crippen molar-refractivity contribution in [2.45, 2.75) is 25.9 Å². The first-order valence-electron chi connectivity index (χ1n) is 11.3. The predicted molar refractivity (Wildman–Crippen MR) is 134 cm³/mol. The van der Waals surface area contributed by atoms with Gasteiger partial charge in [-0.05, 0) is 54.4 Å². The Labute approximate surface area is 205 Å². The molecular weight excluding hydrogens is 463 g/mol. The van der Waals surface area contributed by atoms with Gasteiger partial charge in [-0.3, -0.25) is 4.79 Å². The zero-order valence-corrected chi connectivity index (χ0v) is 19.7. The minimum absolute atomic E-state index is 0.0591. The standard InChI is InChI=1S/C27H21FN4O2S/c1-16-25-21(18-9-11-20(12-10-18)34-15-17-5-4-6-19(28)13-17)14-24(33)30-26(25)32(31-16)27-29-22-7-2-3-8-23(22)35-27/h2-13,21H,14-15H2,1H3,(H,30,33). The normalized spacial score (nSPS) is 15.1. The Morgan fingerprint density at radius 1 is 1.11 bits per heavy atom. The summed E-state index contributed by atoms with van der Waals surface area (Å²) in [6, 6.07) is 22.0. The van der Waals surface area contributed by atoms with Crippen LogP contribution in [0.2, 0.25) is 0 Å². The number of ether oxygens (including phenoxy) is 1. The molecule has 174 valence electrons. The van der Waals surface area contributed by atoms with Crippen molar-refractivity contribution in [3.63, 3.8) is 0 Å². The molecule has 8 heteroatoms. The van der Waals surface area contributed by atoms with Crippen molar-refractivity contribution in [2.24, 2.45) is 0 Å². The van der Waals surface area contributed by atoms with Crippen molar-refractivity contribution < 1.29 is 13.9 Å². The molecule has 2 aromatic heterocycles. The van der Waals surface area contributed by atoms with Crippen molar-refractivity contribution in [2.75, 3.05) is 5.32 Å². The molecule has 1 unspecified atom stereocenters. The lowest BCUT2D eigenvalue weighted by Gasteiger charge is -2.24. The van der Waals surface area contributed by atoms with Crippen molar-refractivity contribution >= 4 is 33.3 Å². The van der Waals surface area contributed by atoms with Crippen molar-refractivity contribution in [1.29, 1.82) is 0 Å². The molecule has 0 bridgehead atoms. The fourth-order valence-electron chi connectivity index (χ4n) is 4.51. The first-order chi connectivity index (χ1) is 17.0. The molecule has 35 heavy (non-hydrogen) atoms. The number of aromatic nitrogens is 3. The highest BCUT2D eigenvalue weighted by molar-refractivity contribution is 7.20. The van der Waals surface area contributed by atoms with Crippen molar-refractivity contribution in [3.8, 4) is 10.9 Å². The topological polar surface area (TPSA) is 69.0 Å². The van der Waals surface area contributed by atoms with Gasteiger partial charge in [0.25, 0.3) is 0 Å². The summed E-state index contributed by atoms with van der Waals surface area (Å²) in [5.74, 6) is 0.888. The van der Waals surface area contributed by atoms with Gasteiger partial charge in [0.05, 0.1) is 15.9 Å². The molecule has 1 atom stereocenters. The number of halogens is 1. The van der Waals surface area contributed by atoms with Crippen LogP contribution in [-0.4, -0.2) is 20.7 Å². The number of fused-ring (bicyclic) bond motifs is 2. The number of nitrogens with one attached hydrogen (secondary N) is 1. The van der Waals surface area contributed by atoms with E-state index in [0.29, 0.717) is 18.0 Å². The van der Waals surface area contributed by atoms with E-state index in [1.165, 1.54) is 23.5 Å². The number of para-hydroxylation sites is 1. The molecule has 6 rings (SSSR count). The third-order valence-corrected chi connectivity index (χ3v) is 7.16. The van der Waals surface area contributed by atoms with Gasteiger partial charge in [-0.1, -0.05) is 47.7 Å². The minimum Gasteiger partial charge on any atom is -0.489 e. The van der Waals surface area contributed by atoms with Crippen LogP contribution >= 0.6 is 11.3 Å². The van der Waals surface area contributed by atoms with Gasteiger partial charge >= 0.3 is 0 Å². The van der Waals surface area contributed by atoms with Crippen LogP contribution in [0.3, 0.4) is 0 Å². The predicted octanol–water partition coefficient (Wildman–Crippen LogP) is 5.98. The van der Waals surface area contributed by atoms with Gasteiger partial charge in [-0.2, -0.15) is 9.78 Å². The van der Waals surface area contributed by atoms with Crippen LogP contribution in [0.4, 0.5) is 10.2 Å². The molecule has 1 aliphatic rings. The SMILES string of the molecule is Cc1nn(-c2nc3ccccc3s2)c2c1C(c1ccc(OCc3cccc(F)c3)cc1)CC(=O)N2. The third kappa shape index (κ3) is 4.06. The van der Waals surface area contributed by atoms with E-state index in [1.54, 1.807) is 10.7 Å². The van der Waals surface area contributed by atoms with E-state index in [2.05, 4.69) is 5.32 Å². The number of carbonyl (C=O) groups excluding carboxylic acids is 1. The molecule has 6 nitrogen and oxygen atoms in total. The molecule has 5 aromatic rings. The summed E-state index contributed by atoms with van der Waals surface area (Å²) in [5, 5.41) is 8.49. The van der Waals surface area contributed by atoms with Gasteiger partial charge in [-0.25, -0.2) is 9.37 Å². The highest BCUT2D eigenvalue weighted by Gasteiger charge is 2.33. The van der Waals surface area contributed by atoms with E-state index in [9.17, 15) is 9.18 Å². The van der Waals surface area contributed by atoms with Crippen LogP contribution in [0.1, 0.15) is 34.7 Å². The van der Waals surface area contributed by atoms with Gasteiger partial charge < -0.3 is 10.1 Å². The second-order valence-corrected chi connectivity index (χ2v) is 9.53. The Morgan fingerprint density at radius 3 is 2.74 bits per heavy atom. The van der Waals surface area contributed by atoms with Crippen LogP contribution in [0, 0.1) is 12.7 Å². The number of amides is 1. The molecule has 1 amide bonds. The lowest BCUT2D eigenvalue weighted by atomic mass is 9.86. The van der Waals surface area contributed by atoms with Crippen molar-refractivity contribution in [3.05, 3.63) is 101 Å². The van der Waals surface area contributed by atoms with E-state index >= 15 is 0 Å². The highest BCUT2D eigenvalue weighted by atomic mass is 32.1. The molecule has 1 aliphatic heterocycles. The Hall–Kier alpha value is -4.04. The molecular formula is C27H21FN4O2S. The maximum Gasteiger partial charge on any atom is 0.226 e. The Kier molecular flexibility index (Phi) is 5.30. The van der Waals surface area contributed by atoms with Crippen LogP contribution < -0.4 is 10.1 Å². The maximum atomic E-state index is 13.4. The number of thiazole rings is 1. The lowest BCUT2D eigenvalue weighted by molar-refractivity contribution is -0.116. The quantitative estimate of drug-likeness (QED) is 0.333. The van der Waals surface area contributed by atoms with Gasteiger partial charge in [0.2, 0.25) is 11.0 Å². The van der Waals surface area contributed by atoms with Crippen LogP contribution in [-0.2, 0) is 11.4 Å². The number of hydrogen-bond acceptors (Lipinski definition) is 5. The van der Waals surface area contributed by atoms with Crippen LogP contribution in [0.15, 0.2) is 72.8 Å². The Bertz CT molecular complexity index is 1520. The molecule has 3 aromatic carbocycles. The van der Waals surface area contributed by atoms with Crippen LogP contribution in [0.5, 0.6) is 5.75 Å². The zero-order valence-electron chi connectivity index (χ0n) is 18.9. The molecule has 0 aliphatic carbocycles. The summed E-state index contributed by atoms with van der Waals surface area (Å²) in [5.41, 5.74) is 4.53. The molecule has 1 N–H and O–H groups in total. The summed E-state index contributed by atoms with van der Waals surface area (Å²) in [4.78, 5) is 17.4. The molecule has 0 saturated heterocycles. The van der Waals surface area contributed by atoms with E-state index in [0.717, 1.165) is 37.7 Å². The maximum absolute atomic E-state index is 13.4. The Balaban J connectivity index is 1.29. The molecule has 0 spiro atoms. The van der Waals surface area contributed by atoms with E-state index < -0.39 is 0 Å². The van der Waals surface area contributed by atoms with E-state index in [4.69, 9.17) is 14.8 Å². The zero-order chi connectivity index (χ0) is 23.9. The van der Waals surface area contributed by atoms with Gasteiger partial charge in [0.15, 0.2) is 0 Å². The van der Waals surface area contributed by atoms with E-state index in [1.807, 2.05) is 61.5 Å². The number of anilines is 1. The van der Waals surface area contributed by atoms with Crippen LogP contribution in [0.25, 0.3) is 15.3 Å². The van der Waals surface area contributed by atoms with Crippen molar-refractivity contribution in [1.82, 2.24) is 14.8 Å². The van der Waals surface area contributed by atoms with Gasteiger partial charge in [0.1, 0.15) is 24.0 Å². The van der Waals surface area contributed by atoms with Gasteiger partial charge in [0, 0.05) is 17.9 Å². The summed E-state index contributed by atoms with van der Waals surface area (Å²) in [6.07, 6.45) is 0.336. The summed E-state index contributed by atoms with van der Waals surface area (Å²) < 4.78 is 22.0. The number of rotatable bonds is 5. The summed E-state index contributed by atoms with van der Waals surface area (Å²) in [7, 11) is 0. The largest absolute Gasteiger partial charge is 0.489 e. The molecule has 0 radical (unpaired) electrons. The summed E-state index contributed by atoms with van der Waals surface area (Å²) >= 11 is 1.54. The fraction of sp³-hybridized carbons (Fsp3) is 0.148. The average Bonchev–Trinajstić information content (AvgIpc) is 3.43. The number of carbonyl (C=O) groups is 1. The second-order valence-electron chi connectivity index (χ2n) is 8.52.